The van der Waals surface area contributed by atoms with Crippen LogP contribution in [0, 0.1) is 5.41 Å². The summed E-state index contributed by atoms with van der Waals surface area (Å²) in [6.07, 6.45) is 6.91. The first-order valence-corrected chi connectivity index (χ1v) is 4.73. The number of hydrogen-bond acceptors (Lipinski definition) is 2. The molecule has 1 N–H and O–H groups in total. The second-order valence-corrected chi connectivity index (χ2v) is 4.91. The molecular weight excluding hydrogens is 150 g/mol. The summed E-state index contributed by atoms with van der Waals surface area (Å²) in [6.45, 7) is 4.42. The number of carbonyl (C=O) groups excluding carboxylic acids is 1. The maximum absolute atomic E-state index is 10.7. The SMILES string of the molecule is CC12CCC(C)(CC1)C([C]=O)N2. The third kappa shape index (κ3) is 1.01. The molecule has 67 valence electrons. The zero-order valence-electron chi connectivity index (χ0n) is 7.81. The maximum atomic E-state index is 10.7. The number of fused-ring (bicyclic) bond motifs is 3. The minimum absolute atomic E-state index is 0.0231. The van der Waals surface area contributed by atoms with E-state index in [2.05, 4.69) is 25.5 Å². The number of rotatable bonds is 1. The van der Waals surface area contributed by atoms with Crippen LogP contribution in [0.5, 0.6) is 0 Å². The summed E-state index contributed by atoms with van der Waals surface area (Å²) in [7, 11) is 0. The first-order valence-electron chi connectivity index (χ1n) is 4.73. The fraction of sp³-hybridized carbons (Fsp3) is 0.900. The summed E-state index contributed by atoms with van der Waals surface area (Å²) >= 11 is 0. The average Bonchev–Trinajstić information content (AvgIpc) is 2.07. The lowest BCUT2D eigenvalue weighted by Gasteiger charge is -2.54. The topological polar surface area (TPSA) is 29.1 Å². The first-order chi connectivity index (χ1) is 5.58. The van der Waals surface area contributed by atoms with Crippen molar-refractivity contribution in [1.29, 1.82) is 0 Å². The lowest BCUT2D eigenvalue weighted by Crippen LogP contribution is -2.64. The van der Waals surface area contributed by atoms with E-state index in [4.69, 9.17) is 0 Å². The molecule has 2 heteroatoms. The Kier molecular flexibility index (Phi) is 1.59. The van der Waals surface area contributed by atoms with Gasteiger partial charge in [-0.1, -0.05) is 6.92 Å². The van der Waals surface area contributed by atoms with E-state index in [0.717, 1.165) is 0 Å². The Bertz CT molecular complexity index is 204. The van der Waals surface area contributed by atoms with Crippen LogP contribution in [0.15, 0.2) is 0 Å². The van der Waals surface area contributed by atoms with E-state index in [9.17, 15) is 4.79 Å². The van der Waals surface area contributed by atoms with Crippen LogP contribution in [-0.2, 0) is 4.79 Å². The Morgan fingerprint density at radius 2 is 1.83 bits per heavy atom. The van der Waals surface area contributed by atoms with Gasteiger partial charge in [-0.25, -0.2) is 0 Å². The van der Waals surface area contributed by atoms with Gasteiger partial charge in [-0.3, -0.25) is 4.79 Å². The van der Waals surface area contributed by atoms with Crippen LogP contribution in [0.2, 0.25) is 0 Å². The molecule has 0 amide bonds. The Hall–Kier alpha value is -0.370. The van der Waals surface area contributed by atoms with Crippen LogP contribution in [0.4, 0.5) is 0 Å². The molecule has 1 unspecified atom stereocenters. The lowest BCUT2D eigenvalue weighted by atomic mass is 9.61. The summed E-state index contributed by atoms with van der Waals surface area (Å²) in [4.78, 5) is 10.7. The number of nitrogens with one attached hydrogen (secondary N) is 1. The molecule has 2 saturated heterocycles. The zero-order valence-corrected chi connectivity index (χ0v) is 7.81. The standard InChI is InChI=1S/C10H16NO/c1-9-3-5-10(2,6-4-9)11-8(9)7-12/h8,11H,3-6H2,1-2H3. The van der Waals surface area contributed by atoms with Gasteiger partial charge in [0.15, 0.2) is 0 Å². The molecule has 2 heterocycles. The summed E-state index contributed by atoms with van der Waals surface area (Å²) in [5.41, 5.74) is 0.416. The van der Waals surface area contributed by atoms with Crippen LogP contribution >= 0.6 is 0 Å². The van der Waals surface area contributed by atoms with Crippen LogP contribution in [-0.4, -0.2) is 17.9 Å². The van der Waals surface area contributed by atoms with Crippen LogP contribution < -0.4 is 5.32 Å². The molecule has 2 nitrogen and oxygen atoms in total. The molecule has 0 aromatic carbocycles. The van der Waals surface area contributed by atoms with Gasteiger partial charge in [0.2, 0.25) is 6.29 Å². The van der Waals surface area contributed by atoms with Gasteiger partial charge in [-0.15, -0.1) is 0 Å². The molecule has 0 spiro atoms. The van der Waals surface area contributed by atoms with Crippen molar-refractivity contribution in [2.75, 3.05) is 0 Å². The maximum Gasteiger partial charge on any atom is 0.217 e. The molecule has 2 aliphatic heterocycles. The highest BCUT2D eigenvalue weighted by atomic mass is 16.1. The first kappa shape index (κ1) is 8.24. The van der Waals surface area contributed by atoms with Gasteiger partial charge in [0, 0.05) is 5.54 Å². The summed E-state index contributed by atoms with van der Waals surface area (Å²) in [5, 5.41) is 3.40. The Labute approximate surface area is 73.7 Å². The molecule has 0 aromatic rings. The molecule has 3 aliphatic rings. The third-order valence-electron chi connectivity index (χ3n) is 3.80. The highest BCUT2D eigenvalue weighted by molar-refractivity contribution is 5.61. The van der Waals surface area contributed by atoms with Crippen molar-refractivity contribution in [1.82, 2.24) is 5.32 Å². The minimum atomic E-state index is -0.0231. The quantitative estimate of drug-likeness (QED) is 0.638. The Morgan fingerprint density at radius 3 is 2.25 bits per heavy atom. The molecule has 1 aliphatic carbocycles. The monoisotopic (exact) mass is 166 g/mol. The van der Waals surface area contributed by atoms with E-state index in [1.807, 2.05) is 0 Å². The highest BCUT2D eigenvalue weighted by Gasteiger charge is 2.49. The van der Waals surface area contributed by atoms with Crippen molar-refractivity contribution < 1.29 is 4.79 Å². The second kappa shape index (κ2) is 2.32. The van der Waals surface area contributed by atoms with E-state index >= 15 is 0 Å². The van der Waals surface area contributed by atoms with E-state index < -0.39 is 0 Å². The number of hydrogen-bond donors (Lipinski definition) is 1. The van der Waals surface area contributed by atoms with Gasteiger partial charge >= 0.3 is 0 Å². The summed E-state index contributed by atoms with van der Waals surface area (Å²) in [5.74, 6) is 0. The lowest BCUT2D eigenvalue weighted by molar-refractivity contribution is 0.0345. The zero-order chi connectivity index (χ0) is 8.82. The van der Waals surface area contributed by atoms with Crippen molar-refractivity contribution in [3.8, 4) is 0 Å². The van der Waals surface area contributed by atoms with E-state index in [1.165, 1.54) is 25.7 Å². The van der Waals surface area contributed by atoms with E-state index in [0.29, 0.717) is 0 Å². The molecular formula is C10H16NO. The normalized spacial score (nSPS) is 52.3. The molecule has 12 heavy (non-hydrogen) atoms. The average molecular weight is 166 g/mol. The molecule has 3 fully saturated rings. The van der Waals surface area contributed by atoms with Crippen molar-refractivity contribution in [3.63, 3.8) is 0 Å². The van der Waals surface area contributed by atoms with Gasteiger partial charge in [-0.05, 0) is 38.0 Å². The van der Waals surface area contributed by atoms with Crippen LogP contribution in [0.3, 0.4) is 0 Å². The molecule has 2 bridgehead atoms. The van der Waals surface area contributed by atoms with Crippen molar-refractivity contribution in [3.05, 3.63) is 0 Å². The fourth-order valence-corrected chi connectivity index (χ4v) is 2.50. The smallest absolute Gasteiger partial charge is 0.217 e. The number of piperidine rings is 2. The summed E-state index contributed by atoms with van der Waals surface area (Å²) < 4.78 is 0. The molecule has 0 aromatic heterocycles. The highest BCUT2D eigenvalue weighted by Crippen LogP contribution is 2.47. The van der Waals surface area contributed by atoms with Crippen LogP contribution in [0.1, 0.15) is 39.5 Å². The molecule has 3 rings (SSSR count). The fourth-order valence-electron chi connectivity index (χ4n) is 2.50. The van der Waals surface area contributed by atoms with Crippen molar-refractivity contribution in [2.45, 2.75) is 51.1 Å². The van der Waals surface area contributed by atoms with Gasteiger partial charge in [0.25, 0.3) is 0 Å². The minimum Gasteiger partial charge on any atom is -0.301 e. The van der Waals surface area contributed by atoms with Gasteiger partial charge in [-0.2, -0.15) is 0 Å². The molecule has 1 radical (unpaired) electrons. The van der Waals surface area contributed by atoms with Gasteiger partial charge < -0.3 is 5.32 Å². The van der Waals surface area contributed by atoms with Gasteiger partial charge in [0.05, 0.1) is 6.04 Å². The van der Waals surface area contributed by atoms with E-state index in [-0.39, 0.29) is 17.0 Å². The van der Waals surface area contributed by atoms with Gasteiger partial charge in [0.1, 0.15) is 0 Å². The largest absolute Gasteiger partial charge is 0.301 e. The third-order valence-corrected chi connectivity index (χ3v) is 3.80. The molecule has 1 saturated carbocycles. The van der Waals surface area contributed by atoms with Crippen molar-refractivity contribution in [2.24, 2.45) is 5.41 Å². The van der Waals surface area contributed by atoms with E-state index in [1.54, 1.807) is 0 Å². The Balaban J connectivity index is 2.25. The predicted octanol–water partition coefficient (Wildman–Crippen LogP) is 1.41. The van der Waals surface area contributed by atoms with Crippen molar-refractivity contribution >= 4 is 6.29 Å². The molecule has 1 atom stereocenters. The summed E-state index contributed by atoms with van der Waals surface area (Å²) in [6, 6.07) is -0.0231. The predicted molar refractivity (Wildman–Crippen MR) is 47.6 cm³/mol. The second-order valence-electron chi connectivity index (χ2n) is 4.91. The Morgan fingerprint density at radius 1 is 1.25 bits per heavy atom. The van der Waals surface area contributed by atoms with Crippen LogP contribution in [0.25, 0.3) is 0 Å².